The third kappa shape index (κ3) is 2.10. The smallest absolute Gasteiger partial charge is 0.133 e. The zero-order valence-electron chi connectivity index (χ0n) is 11.8. The standard InChI is InChI=1S/C15H24N4/c1-19-9-17-18-14(19)2-3-16-15-12-5-10-4-11(7-12)8-13(15)6-10/h9-13,15-16H,2-8H2,1H3. The van der Waals surface area contributed by atoms with Gasteiger partial charge in [0, 0.05) is 26.1 Å². The van der Waals surface area contributed by atoms with Crippen LogP contribution in [0.15, 0.2) is 6.33 Å². The fourth-order valence-corrected chi connectivity index (χ4v) is 5.14. The monoisotopic (exact) mass is 260 g/mol. The summed E-state index contributed by atoms with van der Waals surface area (Å²) in [5.74, 6) is 5.17. The van der Waals surface area contributed by atoms with E-state index >= 15 is 0 Å². The molecule has 1 N–H and O–H groups in total. The Balaban J connectivity index is 1.35. The lowest BCUT2D eigenvalue weighted by Crippen LogP contribution is -2.54. The summed E-state index contributed by atoms with van der Waals surface area (Å²) >= 11 is 0. The van der Waals surface area contributed by atoms with E-state index < -0.39 is 0 Å². The molecule has 1 aromatic heterocycles. The van der Waals surface area contributed by atoms with E-state index in [2.05, 4.69) is 15.5 Å². The van der Waals surface area contributed by atoms with E-state index in [0.29, 0.717) is 0 Å². The SMILES string of the molecule is Cn1cnnc1CCNC1C2CC3CC(C2)CC1C3. The van der Waals surface area contributed by atoms with Crippen molar-refractivity contribution >= 4 is 0 Å². The van der Waals surface area contributed by atoms with Gasteiger partial charge < -0.3 is 9.88 Å². The Morgan fingerprint density at radius 3 is 2.42 bits per heavy atom. The van der Waals surface area contributed by atoms with E-state index in [-0.39, 0.29) is 0 Å². The first-order valence-corrected chi connectivity index (χ1v) is 7.86. The van der Waals surface area contributed by atoms with Crippen LogP contribution < -0.4 is 5.32 Å². The maximum absolute atomic E-state index is 4.16. The molecule has 4 saturated carbocycles. The maximum atomic E-state index is 4.16. The van der Waals surface area contributed by atoms with Gasteiger partial charge in [0.15, 0.2) is 0 Å². The second-order valence-electron chi connectivity index (χ2n) is 7.02. The molecule has 0 unspecified atom stereocenters. The zero-order valence-corrected chi connectivity index (χ0v) is 11.8. The van der Waals surface area contributed by atoms with Crippen molar-refractivity contribution in [2.75, 3.05) is 6.54 Å². The van der Waals surface area contributed by atoms with Crippen LogP contribution in [0.25, 0.3) is 0 Å². The van der Waals surface area contributed by atoms with Gasteiger partial charge in [0.25, 0.3) is 0 Å². The minimum atomic E-state index is 0.793. The molecule has 19 heavy (non-hydrogen) atoms. The molecule has 4 heteroatoms. The molecule has 104 valence electrons. The lowest BCUT2D eigenvalue weighted by molar-refractivity contribution is -0.0134. The number of rotatable bonds is 4. The van der Waals surface area contributed by atoms with Crippen LogP contribution >= 0.6 is 0 Å². The van der Waals surface area contributed by atoms with Crippen molar-refractivity contribution in [3.63, 3.8) is 0 Å². The molecule has 0 radical (unpaired) electrons. The highest BCUT2D eigenvalue weighted by atomic mass is 15.2. The first-order valence-electron chi connectivity index (χ1n) is 7.86. The summed E-state index contributed by atoms with van der Waals surface area (Å²) in [6.07, 6.45) is 10.3. The Hall–Kier alpha value is -0.900. The quantitative estimate of drug-likeness (QED) is 0.897. The molecule has 0 aliphatic heterocycles. The summed E-state index contributed by atoms with van der Waals surface area (Å²) in [6, 6.07) is 0.793. The van der Waals surface area contributed by atoms with E-state index in [1.165, 1.54) is 25.7 Å². The van der Waals surface area contributed by atoms with Gasteiger partial charge in [-0.3, -0.25) is 0 Å². The molecule has 4 bridgehead atoms. The fourth-order valence-electron chi connectivity index (χ4n) is 5.14. The van der Waals surface area contributed by atoms with Gasteiger partial charge in [-0.05, 0) is 55.8 Å². The lowest BCUT2D eigenvalue weighted by atomic mass is 9.54. The van der Waals surface area contributed by atoms with Crippen molar-refractivity contribution < 1.29 is 0 Å². The van der Waals surface area contributed by atoms with Crippen LogP contribution in [0.4, 0.5) is 0 Å². The topological polar surface area (TPSA) is 42.7 Å². The Morgan fingerprint density at radius 1 is 1.16 bits per heavy atom. The molecule has 4 aliphatic rings. The van der Waals surface area contributed by atoms with E-state index in [1.54, 1.807) is 12.7 Å². The summed E-state index contributed by atoms with van der Waals surface area (Å²) in [6.45, 7) is 1.06. The molecular formula is C15H24N4. The predicted molar refractivity (Wildman–Crippen MR) is 73.5 cm³/mol. The summed E-state index contributed by atoms with van der Waals surface area (Å²) in [7, 11) is 2.03. The Morgan fingerprint density at radius 2 is 1.84 bits per heavy atom. The Bertz CT molecular complexity index is 425. The second-order valence-corrected chi connectivity index (χ2v) is 7.02. The van der Waals surface area contributed by atoms with E-state index in [1.807, 2.05) is 11.6 Å². The summed E-state index contributed by atoms with van der Waals surface area (Å²) in [4.78, 5) is 0. The normalized spacial score (nSPS) is 39.9. The fraction of sp³-hybridized carbons (Fsp3) is 0.867. The largest absolute Gasteiger partial charge is 0.321 e. The van der Waals surface area contributed by atoms with Crippen molar-refractivity contribution in [1.82, 2.24) is 20.1 Å². The van der Waals surface area contributed by atoms with Crippen LogP contribution in [0.1, 0.15) is 37.9 Å². The number of nitrogens with one attached hydrogen (secondary N) is 1. The van der Waals surface area contributed by atoms with Gasteiger partial charge in [-0.15, -0.1) is 10.2 Å². The second kappa shape index (κ2) is 4.58. The summed E-state index contributed by atoms with van der Waals surface area (Å²) in [5, 5.41) is 12.0. The molecule has 1 aromatic rings. The summed E-state index contributed by atoms with van der Waals surface area (Å²) < 4.78 is 2.03. The van der Waals surface area contributed by atoms with Gasteiger partial charge >= 0.3 is 0 Å². The molecule has 0 atom stereocenters. The molecule has 4 nitrogen and oxygen atoms in total. The van der Waals surface area contributed by atoms with Gasteiger partial charge in [0.2, 0.25) is 0 Å². The van der Waals surface area contributed by atoms with Gasteiger partial charge in [0.1, 0.15) is 12.2 Å². The van der Waals surface area contributed by atoms with Gasteiger partial charge in [-0.1, -0.05) is 0 Å². The number of nitrogens with zero attached hydrogens (tertiary/aromatic N) is 3. The minimum absolute atomic E-state index is 0.793. The third-order valence-electron chi connectivity index (χ3n) is 5.76. The minimum Gasteiger partial charge on any atom is -0.321 e. The van der Waals surface area contributed by atoms with Crippen LogP contribution in [0.3, 0.4) is 0 Å². The first kappa shape index (κ1) is 11.9. The van der Waals surface area contributed by atoms with E-state index in [4.69, 9.17) is 0 Å². The highest BCUT2D eigenvalue weighted by molar-refractivity contribution is 5.01. The Labute approximate surface area is 115 Å². The Kier molecular flexibility index (Phi) is 2.87. The van der Waals surface area contributed by atoms with Crippen LogP contribution in [-0.4, -0.2) is 27.4 Å². The molecular weight excluding hydrogens is 236 g/mol. The van der Waals surface area contributed by atoms with Crippen molar-refractivity contribution in [2.45, 2.75) is 44.6 Å². The number of hydrogen-bond acceptors (Lipinski definition) is 3. The average Bonchev–Trinajstić information content (AvgIpc) is 2.78. The predicted octanol–water partition coefficient (Wildman–Crippen LogP) is 1.77. The molecule has 0 saturated heterocycles. The first-order chi connectivity index (χ1) is 9.29. The van der Waals surface area contributed by atoms with Crippen molar-refractivity contribution in [2.24, 2.45) is 30.7 Å². The lowest BCUT2D eigenvalue weighted by Gasteiger charge is -2.54. The van der Waals surface area contributed by atoms with Crippen molar-refractivity contribution in [3.05, 3.63) is 12.2 Å². The van der Waals surface area contributed by atoms with Crippen molar-refractivity contribution in [3.8, 4) is 0 Å². The molecule has 4 fully saturated rings. The van der Waals surface area contributed by atoms with Crippen LogP contribution in [-0.2, 0) is 13.5 Å². The number of aromatic nitrogens is 3. The molecule has 0 amide bonds. The zero-order chi connectivity index (χ0) is 12.8. The van der Waals surface area contributed by atoms with E-state index in [0.717, 1.165) is 48.5 Å². The van der Waals surface area contributed by atoms with Gasteiger partial charge in [-0.25, -0.2) is 0 Å². The maximum Gasteiger partial charge on any atom is 0.133 e. The number of aryl methyl sites for hydroxylation is 1. The third-order valence-corrected chi connectivity index (χ3v) is 5.76. The van der Waals surface area contributed by atoms with Crippen LogP contribution in [0.5, 0.6) is 0 Å². The highest BCUT2D eigenvalue weighted by Gasteiger charge is 2.47. The molecule has 5 rings (SSSR count). The van der Waals surface area contributed by atoms with Gasteiger partial charge in [-0.2, -0.15) is 0 Å². The number of hydrogen-bond donors (Lipinski definition) is 1. The average molecular weight is 260 g/mol. The molecule has 0 spiro atoms. The highest BCUT2D eigenvalue weighted by Crippen LogP contribution is 2.53. The van der Waals surface area contributed by atoms with Crippen molar-refractivity contribution in [1.29, 1.82) is 0 Å². The van der Waals surface area contributed by atoms with E-state index in [9.17, 15) is 0 Å². The molecule has 1 heterocycles. The van der Waals surface area contributed by atoms with Gasteiger partial charge in [0.05, 0.1) is 0 Å². The van der Waals surface area contributed by atoms with Crippen LogP contribution in [0.2, 0.25) is 0 Å². The van der Waals surface area contributed by atoms with Crippen LogP contribution in [0, 0.1) is 23.7 Å². The molecule has 0 aromatic carbocycles. The molecule has 4 aliphatic carbocycles. The summed E-state index contributed by atoms with van der Waals surface area (Å²) in [5.41, 5.74) is 0.